The largest absolute Gasteiger partial charge is 0.380 e. The number of nitrogens with one attached hydrogen (secondary N) is 1. The maximum atomic E-state index is 13.6. The van der Waals surface area contributed by atoms with Gasteiger partial charge in [-0.2, -0.15) is 0 Å². The summed E-state index contributed by atoms with van der Waals surface area (Å²) in [6, 6.07) is 2.22. The highest BCUT2D eigenvalue weighted by atomic mass is 19.2. The van der Waals surface area contributed by atoms with E-state index in [1.165, 1.54) is 6.07 Å². The molecule has 2 rings (SSSR count). The number of rotatable bonds is 4. The molecule has 1 aliphatic heterocycles. The highest BCUT2D eigenvalue weighted by molar-refractivity contribution is 5.46. The van der Waals surface area contributed by atoms with Crippen LogP contribution in [-0.2, 0) is 0 Å². The van der Waals surface area contributed by atoms with Gasteiger partial charge >= 0.3 is 0 Å². The minimum absolute atomic E-state index is 0.0173. The Morgan fingerprint density at radius 1 is 1.30 bits per heavy atom. The first-order valence-electron chi connectivity index (χ1n) is 7.15. The Hall–Kier alpha value is -1.23. The summed E-state index contributed by atoms with van der Waals surface area (Å²) in [4.78, 5) is 2.36. The number of nitrogens with zero attached hydrogens (tertiary/aromatic N) is 1. The number of benzene rings is 1. The molecule has 1 aromatic carbocycles. The van der Waals surface area contributed by atoms with Crippen molar-refractivity contribution in [3.63, 3.8) is 0 Å². The van der Waals surface area contributed by atoms with E-state index in [1.54, 1.807) is 0 Å². The molecule has 0 bridgehead atoms. The van der Waals surface area contributed by atoms with Crippen LogP contribution in [0.15, 0.2) is 12.1 Å². The zero-order valence-corrected chi connectivity index (χ0v) is 11.9. The Morgan fingerprint density at radius 2 is 2.05 bits per heavy atom. The fourth-order valence-electron chi connectivity index (χ4n) is 2.79. The fourth-order valence-corrected chi connectivity index (χ4v) is 2.79. The van der Waals surface area contributed by atoms with E-state index in [4.69, 9.17) is 0 Å². The molecule has 1 fully saturated rings. The Balaban J connectivity index is 2.04. The van der Waals surface area contributed by atoms with E-state index < -0.39 is 17.5 Å². The third kappa shape index (κ3) is 3.26. The summed E-state index contributed by atoms with van der Waals surface area (Å²) in [5.41, 5.74) is 0.0324. The number of hydrogen-bond donors (Lipinski definition) is 1. The molecular weight excluding hydrogens is 265 g/mol. The SMILES string of the molecule is CCN1CCCC(C(C)Nc2ccc(F)c(F)c2F)C1. The van der Waals surface area contributed by atoms with E-state index in [0.717, 1.165) is 38.5 Å². The van der Waals surface area contributed by atoms with E-state index in [2.05, 4.69) is 17.1 Å². The van der Waals surface area contributed by atoms with E-state index in [1.807, 2.05) is 6.92 Å². The molecule has 112 valence electrons. The van der Waals surface area contributed by atoms with Crippen LogP contribution in [0.25, 0.3) is 0 Å². The molecule has 1 aromatic rings. The number of likely N-dealkylation sites (tertiary alicyclic amines) is 1. The molecule has 1 saturated heterocycles. The topological polar surface area (TPSA) is 15.3 Å². The lowest BCUT2D eigenvalue weighted by Crippen LogP contribution is -2.41. The summed E-state index contributed by atoms with van der Waals surface area (Å²) in [5.74, 6) is -3.33. The van der Waals surface area contributed by atoms with Gasteiger partial charge in [0.05, 0.1) is 5.69 Å². The van der Waals surface area contributed by atoms with Crippen LogP contribution in [0.3, 0.4) is 0 Å². The first-order valence-corrected chi connectivity index (χ1v) is 7.15. The average Bonchev–Trinajstić information content (AvgIpc) is 2.48. The van der Waals surface area contributed by atoms with Crippen molar-refractivity contribution < 1.29 is 13.2 Å². The molecule has 1 N–H and O–H groups in total. The summed E-state index contributed by atoms with van der Waals surface area (Å²) >= 11 is 0. The van der Waals surface area contributed by atoms with Crippen molar-refractivity contribution in [1.29, 1.82) is 0 Å². The van der Waals surface area contributed by atoms with Crippen LogP contribution >= 0.6 is 0 Å². The number of hydrogen-bond acceptors (Lipinski definition) is 2. The van der Waals surface area contributed by atoms with Gasteiger partial charge in [-0.25, -0.2) is 13.2 Å². The van der Waals surface area contributed by atoms with Crippen LogP contribution in [0.5, 0.6) is 0 Å². The molecule has 2 atom stereocenters. The van der Waals surface area contributed by atoms with Crippen LogP contribution in [0.4, 0.5) is 18.9 Å². The molecule has 0 saturated carbocycles. The minimum Gasteiger partial charge on any atom is -0.380 e. The molecule has 2 nitrogen and oxygen atoms in total. The lowest BCUT2D eigenvalue weighted by atomic mass is 9.91. The highest BCUT2D eigenvalue weighted by Gasteiger charge is 2.25. The second kappa shape index (κ2) is 6.48. The quantitative estimate of drug-likeness (QED) is 0.850. The molecule has 0 spiro atoms. The van der Waals surface area contributed by atoms with E-state index in [-0.39, 0.29) is 11.7 Å². The van der Waals surface area contributed by atoms with Gasteiger partial charge in [0, 0.05) is 12.6 Å². The van der Waals surface area contributed by atoms with Crippen LogP contribution in [0.1, 0.15) is 26.7 Å². The summed E-state index contributed by atoms with van der Waals surface area (Å²) < 4.78 is 39.7. The lowest BCUT2D eigenvalue weighted by molar-refractivity contribution is 0.172. The maximum absolute atomic E-state index is 13.6. The Morgan fingerprint density at radius 3 is 2.75 bits per heavy atom. The molecular formula is C15H21F3N2. The fraction of sp³-hybridized carbons (Fsp3) is 0.600. The van der Waals surface area contributed by atoms with Crippen molar-refractivity contribution in [3.05, 3.63) is 29.6 Å². The van der Waals surface area contributed by atoms with Gasteiger partial charge in [0.2, 0.25) is 0 Å². The zero-order valence-electron chi connectivity index (χ0n) is 11.9. The molecule has 2 unspecified atom stereocenters. The van der Waals surface area contributed by atoms with Gasteiger partial charge in [0.25, 0.3) is 0 Å². The lowest BCUT2D eigenvalue weighted by Gasteiger charge is -2.35. The molecule has 5 heteroatoms. The monoisotopic (exact) mass is 286 g/mol. The van der Waals surface area contributed by atoms with Gasteiger partial charge < -0.3 is 10.2 Å². The van der Waals surface area contributed by atoms with E-state index >= 15 is 0 Å². The first kappa shape index (κ1) is 15.2. The third-order valence-corrected chi connectivity index (χ3v) is 4.11. The number of anilines is 1. The van der Waals surface area contributed by atoms with Gasteiger partial charge in [-0.15, -0.1) is 0 Å². The Bertz CT molecular complexity index is 465. The van der Waals surface area contributed by atoms with Gasteiger partial charge in [0.1, 0.15) is 0 Å². The minimum atomic E-state index is -1.42. The number of halogens is 3. The van der Waals surface area contributed by atoms with Crippen molar-refractivity contribution in [2.75, 3.05) is 25.0 Å². The Kier molecular flexibility index (Phi) is 4.91. The molecule has 0 radical (unpaired) electrons. The molecule has 1 heterocycles. The standard InChI is InChI=1S/C15H21F3N2/c1-3-20-8-4-5-11(9-20)10(2)19-13-7-6-12(16)14(17)15(13)18/h6-7,10-11,19H,3-5,8-9H2,1-2H3. The van der Waals surface area contributed by atoms with Gasteiger partial charge in [0.15, 0.2) is 17.5 Å². The van der Waals surface area contributed by atoms with Crippen molar-refractivity contribution in [3.8, 4) is 0 Å². The normalized spacial score (nSPS) is 21.8. The first-order chi connectivity index (χ1) is 9.52. The van der Waals surface area contributed by atoms with Gasteiger partial charge in [-0.3, -0.25) is 0 Å². The second-order valence-electron chi connectivity index (χ2n) is 5.45. The van der Waals surface area contributed by atoms with Crippen molar-refractivity contribution >= 4 is 5.69 Å². The molecule has 0 amide bonds. The van der Waals surface area contributed by atoms with Crippen LogP contribution in [-0.4, -0.2) is 30.6 Å². The highest BCUT2D eigenvalue weighted by Crippen LogP contribution is 2.25. The third-order valence-electron chi connectivity index (χ3n) is 4.11. The Labute approximate surface area is 118 Å². The summed E-state index contributed by atoms with van der Waals surface area (Å²) in [6.45, 7) is 7.14. The van der Waals surface area contributed by atoms with Gasteiger partial charge in [-0.05, 0) is 50.9 Å². The van der Waals surface area contributed by atoms with Crippen LogP contribution < -0.4 is 5.32 Å². The van der Waals surface area contributed by atoms with Crippen molar-refractivity contribution in [2.45, 2.75) is 32.7 Å². The number of piperidine rings is 1. The predicted octanol–water partition coefficient (Wildman–Crippen LogP) is 3.64. The maximum Gasteiger partial charge on any atom is 0.196 e. The zero-order chi connectivity index (χ0) is 14.7. The molecule has 0 aromatic heterocycles. The van der Waals surface area contributed by atoms with Crippen molar-refractivity contribution in [2.24, 2.45) is 5.92 Å². The second-order valence-corrected chi connectivity index (χ2v) is 5.45. The van der Waals surface area contributed by atoms with Crippen molar-refractivity contribution in [1.82, 2.24) is 4.90 Å². The summed E-state index contributed by atoms with van der Waals surface area (Å²) in [6.07, 6.45) is 2.18. The van der Waals surface area contributed by atoms with Crippen LogP contribution in [0, 0.1) is 23.4 Å². The van der Waals surface area contributed by atoms with E-state index in [0.29, 0.717) is 5.92 Å². The predicted molar refractivity (Wildman–Crippen MR) is 74.2 cm³/mol. The smallest absolute Gasteiger partial charge is 0.196 e. The molecule has 0 aliphatic carbocycles. The average molecular weight is 286 g/mol. The summed E-state index contributed by atoms with van der Waals surface area (Å²) in [7, 11) is 0. The summed E-state index contributed by atoms with van der Waals surface area (Å²) in [5, 5.41) is 2.98. The van der Waals surface area contributed by atoms with E-state index in [9.17, 15) is 13.2 Å². The van der Waals surface area contributed by atoms with Crippen LogP contribution in [0.2, 0.25) is 0 Å². The molecule has 1 aliphatic rings. The molecule has 20 heavy (non-hydrogen) atoms. The van der Waals surface area contributed by atoms with Gasteiger partial charge in [-0.1, -0.05) is 6.92 Å².